The summed E-state index contributed by atoms with van der Waals surface area (Å²) < 4.78 is 25.5. The molecular formula is C15H28F2N2. The van der Waals surface area contributed by atoms with Gasteiger partial charge in [-0.2, -0.15) is 0 Å². The third-order valence-corrected chi connectivity index (χ3v) is 4.87. The van der Waals surface area contributed by atoms with Gasteiger partial charge in [-0.1, -0.05) is 0 Å². The Hall–Kier alpha value is -0.220. The fourth-order valence-corrected chi connectivity index (χ4v) is 3.72. The van der Waals surface area contributed by atoms with Crippen LogP contribution in [0.1, 0.15) is 38.5 Å². The molecule has 0 aromatic rings. The monoisotopic (exact) mass is 274 g/mol. The van der Waals surface area contributed by atoms with Crippen molar-refractivity contribution >= 4 is 0 Å². The highest BCUT2D eigenvalue weighted by Gasteiger charge is 2.45. The second-order valence-electron chi connectivity index (χ2n) is 7.02. The van der Waals surface area contributed by atoms with Gasteiger partial charge in [-0.25, -0.2) is 0 Å². The fourth-order valence-electron chi connectivity index (χ4n) is 3.72. The summed E-state index contributed by atoms with van der Waals surface area (Å²) in [6.07, 6.45) is 6.34. The Balaban J connectivity index is 1.65. The van der Waals surface area contributed by atoms with Gasteiger partial charge in [0, 0.05) is 24.0 Å². The maximum atomic E-state index is 12.7. The van der Waals surface area contributed by atoms with Crippen LogP contribution in [0.15, 0.2) is 0 Å². The molecule has 2 nitrogen and oxygen atoms in total. The van der Waals surface area contributed by atoms with E-state index in [-0.39, 0.29) is 0 Å². The van der Waals surface area contributed by atoms with Crippen molar-refractivity contribution in [2.24, 2.45) is 11.3 Å². The second-order valence-corrected chi connectivity index (χ2v) is 7.02. The van der Waals surface area contributed by atoms with E-state index in [1.54, 1.807) is 0 Å². The summed E-state index contributed by atoms with van der Waals surface area (Å²) in [5.41, 5.74) is -0.639. The molecule has 0 unspecified atom stereocenters. The molecule has 19 heavy (non-hydrogen) atoms. The SMILES string of the molecule is CN(C)CC1CCC(NC2CC(CF)(CF)C2)CC1. The lowest BCUT2D eigenvalue weighted by Gasteiger charge is -2.46. The summed E-state index contributed by atoms with van der Waals surface area (Å²) in [4.78, 5) is 2.27. The minimum absolute atomic E-state index is 0.349. The lowest BCUT2D eigenvalue weighted by atomic mass is 9.66. The third kappa shape index (κ3) is 3.88. The molecule has 2 rings (SSSR count). The first kappa shape index (κ1) is 15.2. The van der Waals surface area contributed by atoms with Crippen LogP contribution in [0.2, 0.25) is 0 Å². The van der Waals surface area contributed by atoms with Crippen molar-refractivity contribution in [3.8, 4) is 0 Å². The van der Waals surface area contributed by atoms with Crippen LogP contribution in [0, 0.1) is 11.3 Å². The molecule has 2 aliphatic rings. The standard InChI is InChI=1S/C15H28F2N2/c1-19(2)9-12-3-5-13(6-4-12)18-14-7-15(8-14,10-16)11-17/h12-14,18H,3-11H2,1-2H3. The van der Waals surface area contributed by atoms with E-state index in [1.807, 2.05) is 0 Å². The molecule has 0 heterocycles. The number of alkyl halides is 2. The normalized spacial score (nSPS) is 31.4. The van der Waals surface area contributed by atoms with Crippen LogP contribution in [0.25, 0.3) is 0 Å². The van der Waals surface area contributed by atoms with E-state index in [0.29, 0.717) is 24.9 Å². The van der Waals surface area contributed by atoms with Crippen molar-refractivity contribution in [2.45, 2.75) is 50.6 Å². The first-order valence-corrected chi connectivity index (χ1v) is 7.59. The minimum atomic E-state index is -0.639. The van der Waals surface area contributed by atoms with Gasteiger partial charge in [0.15, 0.2) is 0 Å². The third-order valence-electron chi connectivity index (χ3n) is 4.87. The molecule has 2 fully saturated rings. The molecule has 0 amide bonds. The van der Waals surface area contributed by atoms with Gasteiger partial charge >= 0.3 is 0 Å². The number of hydrogen-bond donors (Lipinski definition) is 1. The summed E-state index contributed by atoms with van der Waals surface area (Å²) in [7, 11) is 4.26. The van der Waals surface area contributed by atoms with Crippen LogP contribution in [-0.2, 0) is 0 Å². The van der Waals surface area contributed by atoms with E-state index in [1.165, 1.54) is 32.2 Å². The van der Waals surface area contributed by atoms with Crippen molar-refractivity contribution in [1.29, 1.82) is 0 Å². The Morgan fingerprint density at radius 1 is 1.00 bits per heavy atom. The molecule has 0 aromatic carbocycles. The van der Waals surface area contributed by atoms with Crippen molar-refractivity contribution in [3.63, 3.8) is 0 Å². The first-order valence-electron chi connectivity index (χ1n) is 7.59. The largest absolute Gasteiger partial charge is 0.311 e. The average molecular weight is 274 g/mol. The highest BCUT2D eigenvalue weighted by atomic mass is 19.1. The van der Waals surface area contributed by atoms with Gasteiger partial charge in [0.25, 0.3) is 0 Å². The van der Waals surface area contributed by atoms with Gasteiger partial charge in [-0.05, 0) is 58.5 Å². The predicted molar refractivity (Wildman–Crippen MR) is 74.8 cm³/mol. The van der Waals surface area contributed by atoms with E-state index in [9.17, 15) is 8.78 Å². The van der Waals surface area contributed by atoms with Gasteiger partial charge in [0.05, 0.1) is 13.3 Å². The topological polar surface area (TPSA) is 15.3 Å². The number of rotatable bonds is 6. The molecule has 0 saturated heterocycles. The number of nitrogens with zero attached hydrogens (tertiary/aromatic N) is 1. The maximum absolute atomic E-state index is 12.7. The van der Waals surface area contributed by atoms with Gasteiger partial charge in [0.1, 0.15) is 0 Å². The lowest BCUT2D eigenvalue weighted by Crippen LogP contribution is -2.54. The fraction of sp³-hybridized carbons (Fsp3) is 1.00. The van der Waals surface area contributed by atoms with E-state index in [4.69, 9.17) is 0 Å². The van der Waals surface area contributed by atoms with Crippen LogP contribution < -0.4 is 5.32 Å². The average Bonchev–Trinajstić information content (AvgIpc) is 2.35. The lowest BCUT2D eigenvalue weighted by molar-refractivity contribution is 0.0174. The molecule has 0 spiro atoms. The smallest absolute Gasteiger partial charge is 0.0976 e. The van der Waals surface area contributed by atoms with E-state index in [2.05, 4.69) is 24.3 Å². The molecule has 0 atom stereocenters. The Morgan fingerprint density at radius 2 is 1.58 bits per heavy atom. The molecule has 1 N–H and O–H groups in total. The number of hydrogen-bond acceptors (Lipinski definition) is 2. The van der Waals surface area contributed by atoms with Crippen molar-refractivity contribution < 1.29 is 8.78 Å². The molecule has 0 aromatic heterocycles. The molecule has 0 bridgehead atoms. The van der Waals surface area contributed by atoms with Gasteiger partial charge in [0.2, 0.25) is 0 Å². The quantitative estimate of drug-likeness (QED) is 0.801. The Bertz CT molecular complexity index is 263. The number of nitrogens with one attached hydrogen (secondary N) is 1. The zero-order valence-electron chi connectivity index (χ0n) is 12.3. The zero-order chi connectivity index (χ0) is 13.9. The summed E-state index contributed by atoms with van der Waals surface area (Å²) >= 11 is 0. The van der Waals surface area contributed by atoms with E-state index >= 15 is 0 Å². The highest BCUT2D eigenvalue weighted by Crippen LogP contribution is 2.42. The first-order chi connectivity index (χ1) is 9.07. The maximum Gasteiger partial charge on any atom is 0.0976 e. The summed E-state index contributed by atoms with van der Waals surface area (Å²) in [6.45, 7) is 0.178. The van der Waals surface area contributed by atoms with Crippen molar-refractivity contribution in [3.05, 3.63) is 0 Å². The van der Waals surface area contributed by atoms with Gasteiger partial charge in [-0.3, -0.25) is 8.78 Å². The highest BCUT2D eigenvalue weighted by molar-refractivity contribution is 4.98. The second kappa shape index (κ2) is 6.49. The number of halogens is 2. The van der Waals surface area contributed by atoms with Crippen LogP contribution >= 0.6 is 0 Å². The Morgan fingerprint density at radius 3 is 2.05 bits per heavy atom. The Kier molecular flexibility index (Phi) is 5.18. The molecule has 112 valence electrons. The van der Waals surface area contributed by atoms with Crippen LogP contribution in [-0.4, -0.2) is 51.0 Å². The molecular weight excluding hydrogens is 246 g/mol. The van der Waals surface area contributed by atoms with Gasteiger partial charge < -0.3 is 10.2 Å². The Labute approximate surface area is 115 Å². The molecule has 2 aliphatic carbocycles. The molecule has 2 saturated carbocycles. The molecule has 0 aliphatic heterocycles. The molecule has 4 heteroatoms. The zero-order valence-corrected chi connectivity index (χ0v) is 12.3. The minimum Gasteiger partial charge on any atom is -0.311 e. The van der Waals surface area contributed by atoms with Crippen molar-refractivity contribution in [1.82, 2.24) is 10.2 Å². The summed E-state index contributed by atoms with van der Waals surface area (Å²) in [6, 6.07) is 0.919. The van der Waals surface area contributed by atoms with E-state index in [0.717, 1.165) is 5.92 Å². The summed E-state index contributed by atoms with van der Waals surface area (Å²) in [5, 5.41) is 3.61. The summed E-state index contributed by atoms with van der Waals surface area (Å²) in [5.74, 6) is 0.824. The van der Waals surface area contributed by atoms with E-state index < -0.39 is 18.8 Å². The van der Waals surface area contributed by atoms with Crippen LogP contribution in [0.3, 0.4) is 0 Å². The van der Waals surface area contributed by atoms with Crippen molar-refractivity contribution in [2.75, 3.05) is 34.0 Å². The predicted octanol–water partition coefficient (Wildman–Crippen LogP) is 2.78. The molecule has 0 radical (unpaired) electrons. The van der Waals surface area contributed by atoms with Crippen LogP contribution in [0.4, 0.5) is 8.78 Å². The van der Waals surface area contributed by atoms with Crippen LogP contribution in [0.5, 0.6) is 0 Å². The van der Waals surface area contributed by atoms with Gasteiger partial charge in [-0.15, -0.1) is 0 Å².